The van der Waals surface area contributed by atoms with Crippen molar-refractivity contribution in [1.82, 2.24) is 80.4 Å². The van der Waals surface area contributed by atoms with Gasteiger partial charge in [0.05, 0.1) is 47.2 Å². The molecule has 1 aliphatic carbocycles. The number of unbranched alkanes of at least 4 members (excludes halogenated alkanes) is 3. The molecule has 38 heteroatoms. The monoisotopic (exact) mass is 2000 g/mol. The third-order valence-corrected chi connectivity index (χ3v) is 29.3. The highest BCUT2D eigenvalue weighted by Gasteiger charge is 2.50. The predicted molar refractivity (Wildman–Crippen MR) is 538 cm³/mol. The van der Waals surface area contributed by atoms with Crippen LogP contribution in [0.5, 0.6) is 0 Å². The molecule has 2 aromatic heterocycles. The molecule has 146 heavy (non-hydrogen) atoms. The van der Waals surface area contributed by atoms with Gasteiger partial charge < -0.3 is 72.4 Å². The summed E-state index contributed by atoms with van der Waals surface area (Å²) in [5.74, 6) is -8.80. The smallest absolute Gasteiger partial charge is 0.408 e. The number of rotatable bonds is 34. The van der Waals surface area contributed by atoms with Gasteiger partial charge in [-0.05, 0) is 226 Å². The lowest BCUT2D eigenvalue weighted by Crippen LogP contribution is -2.62. The number of primary amides is 2. The van der Waals surface area contributed by atoms with Crippen molar-refractivity contribution in [2.45, 2.75) is 292 Å². The number of hydrogen-bond donors (Lipinski definition) is 10. The van der Waals surface area contributed by atoms with E-state index >= 15 is 19.2 Å². The second-order valence-corrected chi connectivity index (χ2v) is 42.0. The first-order valence-corrected chi connectivity index (χ1v) is 51.0. The maximum absolute atomic E-state index is 15.3. The molecule has 6 aromatic carbocycles. The molecule has 4 unspecified atom stereocenters. The summed E-state index contributed by atoms with van der Waals surface area (Å²) >= 11 is 0. The van der Waals surface area contributed by atoms with Crippen LogP contribution >= 0.6 is 0 Å². The molecule has 0 spiro atoms. The lowest BCUT2D eigenvalue weighted by molar-refractivity contribution is -0.146. The van der Waals surface area contributed by atoms with Gasteiger partial charge in [-0.1, -0.05) is 140 Å². The van der Waals surface area contributed by atoms with E-state index in [0.29, 0.717) is 96.5 Å². The Morgan fingerprint density at radius 3 is 1.41 bits per heavy atom. The number of aryl methyl sites for hydroxylation is 3. The summed E-state index contributed by atoms with van der Waals surface area (Å²) in [5.41, 5.74) is 15.7. The number of hydrogen-bond acceptors (Lipinski definition) is 20. The normalized spacial score (nSPS) is 22.1. The van der Waals surface area contributed by atoms with Crippen LogP contribution in [0.25, 0.3) is 22.1 Å². The van der Waals surface area contributed by atoms with E-state index in [-0.39, 0.29) is 138 Å². The molecule has 12 atom stereocenters. The number of alkyl carbamates (subject to hydrolysis) is 2. The maximum Gasteiger partial charge on any atom is 0.408 e. The second-order valence-electron chi connectivity index (χ2n) is 42.0. The minimum atomic E-state index is -1.43. The maximum atomic E-state index is 15.3. The summed E-state index contributed by atoms with van der Waals surface area (Å²) in [5, 5.41) is 22.2. The van der Waals surface area contributed by atoms with E-state index in [1.54, 1.807) is 126 Å². The van der Waals surface area contributed by atoms with Gasteiger partial charge in [0.2, 0.25) is 82.7 Å². The number of carbonyl (C=O) groups excluding carboxylic acids is 16. The third-order valence-electron chi connectivity index (χ3n) is 29.3. The van der Waals surface area contributed by atoms with Crippen molar-refractivity contribution in [3.05, 3.63) is 212 Å². The van der Waals surface area contributed by atoms with Crippen molar-refractivity contribution in [1.29, 1.82) is 0 Å². The van der Waals surface area contributed by atoms with E-state index in [0.717, 1.165) is 47.9 Å². The zero-order valence-corrected chi connectivity index (χ0v) is 84.0. The van der Waals surface area contributed by atoms with Gasteiger partial charge in [-0.3, -0.25) is 96.0 Å². The summed E-state index contributed by atoms with van der Waals surface area (Å²) < 4.78 is 17.1. The van der Waals surface area contributed by atoms with Crippen molar-refractivity contribution in [3.63, 3.8) is 0 Å². The van der Waals surface area contributed by atoms with Gasteiger partial charge in [0.25, 0.3) is 0 Å². The Labute approximate surface area is 846 Å². The summed E-state index contributed by atoms with van der Waals surface area (Å²) in [6.07, 6.45) is 6.21. The Kier molecular flexibility index (Phi) is 33.4. The van der Waals surface area contributed by atoms with Crippen LogP contribution < -0.4 is 65.4 Å². The highest BCUT2D eigenvalue weighted by Crippen LogP contribution is 2.42. The molecule has 38 nitrogen and oxygen atoms in total. The second kappa shape index (κ2) is 46.2. The molecular weight excluding hydrogens is 1870 g/mol. The predicted octanol–water partition coefficient (Wildman–Crippen LogP) is 7.86. The molecule has 8 aromatic rings. The lowest BCUT2D eigenvalue weighted by Gasteiger charge is -2.39. The van der Waals surface area contributed by atoms with Crippen LogP contribution in [0.2, 0.25) is 0 Å². The first-order valence-electron chi connectivity index (χ1n) is 51.0. The number of imide groups is 2. The van der Waals surface area contributed by atoms with E-state index in [1.165, 1.54) is 28.1 Å². The summed E-state index contributed by atoms with van der Waals surface area (Å²) in [4.78, 5) is 259. The van der Waals surface area contributed by atoms with Gasteiger partial charge >= 0.3 is 23.6 Å². The number of benzene rings is 6. The molecule has 7 aliphatic rings. The van der Waals surface area contributed by atoms with Crippen LogP contribution in [-0.2, 0) is 104 Å². The molecule has 0 radical (unpaired) electrons. The van der Waals surface area contributed by atoms with Crippen LogP contribution in [0.4, 0.5) is 9.59 Å². The summed E-state index contributed by atoms with van der Waals surface area (Å²) in [6.45, 7) is 9.94. The summed E-state index contributed by atoms with van der Waals surface area (Å²) in [7, 11) is 3.26. The number of aromatic nitrogens is 4. The van der Waals surface area contributed by atoms with E-state index in [1.807, 2.05) is 91.0 Å². The average molecular weight is 2000 g/mol. The molecular formula is C108H134N18O20. The Morgan fingerprint density at radius 1 is 0.445 bits per heavy atom. The van der Waals surface area contributed by atoms with Crippen LogP contribution in [0.3, 0.4) is 0 Å². The van der Waals surface area contributed by atoms with Crippen molar-refractivity contribution < 1.29 is 86.2 Å². The molecule has 15 rings (SSSR count). The topological polar surface area (TPSA) is 507 Å². The first-order chi connectivity index (χ1) is 69.7. The Balaban J connectivity index is 0.578. The minimum absolute atomic E-state index is 0.0231. The molecule has 6 aliphatic heterocycles. The SMILES string of the molecule is Cn1c(=O)n(C2CCC(=O)NC2=O)c2ccc(CCCCCCC(=O)N3CC[C@H]4CC[C@@H](C(=O)N[C@H](CCC(N)=O)C(=O)NC(c5ccccc5)c5cccc(C6CC(=O)NC(=O)C6n6c(=O)n(C)c7cc(C[C@H]8CC[C@@H](CC(=O)N9CC[C@H]%10CC[C@@H](C(=O)N[C@@H](CCC(N)=O)C(=O)NC(c%11ccccc%11)c%11ccccc%11)N%10C(=O)[C@@H](NC(=O)OC(C)(C)C)C9)CC8)ccc76)c5)N4C(=O)[C@@H](NC(=O)OC(C)(C)C)C3)cc21. The molecule has 7 fully saturated rings. The number of amides is 16. The molecule has 1 saturated carbocycles. The fourth-order valence-electron chi connectivity index (χ4n) is 22.0. The Hall–Kier alpha value is -14.6. The van der Waals surface area contributed by atoms with Crippen molar-refractivity contribution >= 4 is 117 Å². The minimum Gasteiger partial charge on any atom is -0.444 e. The number of piperidine rings is 2. The van der Waals surface area contributed by atoms with Crippen LogP contribution in [-0.4, -0.2) is 218 Å². The number of ether oxygens (including phenoxy) is 2. The molecule has 12 N–H and O–H groups in total. The van der Waals surface area contributed by atoms with Crippen molar-refractivity contribution in [2.24, 2.45) is 37.4 Å². The first kappa shape index (κ1) is 106. The Morgan fingerprint density at radius 2 is 0.904 bits per heavy atom. The van der Waals surface area contributed by atoms with Crippen LogP contribution in [0.15, 0.2) is 161 Å². The zero-order valence-electron chi connectivity index (χ0n) is 84.0. The Bertz CT molecular complexity index is 6350. The van der Waals surface area contributed by atoms with Gasteiger partial charge in [0.15, 0.2) is 0 Å². The highest BCUT2D eigenvalue weighted by molar-refractivity contribution is 6.03. The molecule has 8 heterocycles. The number of carbonyl (C=O) groups is 16. The van der Waals surface area contributed by atoms with Gasteiger partial charge in [0.1, 0.15) is 59.5 Å². The third kappa shape index (κ3) is 25.5. The van der Waals surface area contributed by atoms with Gasteiger partial charge in [-0.25, -0.2) is 19.2 Å². The number of nitrogens with one attached hydrogen (secondary N) is 8. The van der Waals surface area contributed by atoms with Gasteiger partial charge in [0, 0.05) is 83.7 Å². The molecule has 6 saturated heterocycles. The number of nitrogens with two attached hydrogens (primary N) is 2. The zero-order chi connectivity index (χ0) is 104. The molecule has 16 amide bonds. The quantitative estimate of drug-likeness (QED) is 0.0135. The number of fused-ring (bicyclic) bond motifs is 4. The van der Waals surface area contributed by atoms with E-state index in [4.69, 9.17) is 20.9 Å². The van der Waals surface area contributed by atoms with Gasteiger partial charge in [-0.15, -0.1) is 0 Å². The van der Waals surface area contributed by atoms with E-state index in [9.17, 15) is 67.1 Å². The summed E-state index contributed by atoms with van der Waals surface area (Å²) in [6, 6.07) is 33.2. The standard InChI is InChI=1S/C108H134N18O20/c1-107(2,3)145-103(141)113-77-61-121(90(131)32-21-10-9-14-23-63-37-43-79-84(56-63)119(7)105(143)125(79)83-47-50-88(129)115-99(83)137)53-51-72-39-45-81(123(72)101(77)139)98(136)112-76(42-49-87(110)128)96(134)118-93(69-28-19-13-20-29-69)71-31-22-30-70(59-71)74-60-89(130)116-100(138)94(74)126-80-44-38-66(57-85(80)120(8)106(126)144)55-64-33-35-65(36-34-64)58-91(132)122-54-52-73-40-46-82(124(73)102(140)78(62-122)114-104(142)146-108(4,5)6)97(135)111-75(41-48-86(109)127)95(133)117-92(67-24-15-11-16-25-67)68-26-17-12-18-27-68/h11-13,15-20,22,24-31,37-38,43-44,56-57,59,64-65,72-78,81-83,92-94H,9-10,14,21,23,32-36,39-42,45-55,58,60-62H2,1-8H3,(H2,109,127)(H2,110,128)(H,111,135)(H,112,136)(H,113,141)(H,114,142)(H,117,133)(H,118,134)(H,115,129,137)(H,116,130,138)/t64-,65+,72-,73-,74?,75+,76-,77+,78+,81+,82+,83?,93?,94?/m1/s1. The van der Waals surface area contributed by atoms with Crippen molar-refractivity contribution in [2.75, 3.05) is 26.2 Å². The van der Waals surface area contributed by atoms with Crippen molar-refractivity contribution in [3.8, 4) is 0 Å². The number of nitrogens with zero attached hydrogens (tertiary/aromatic N) is 8. The highest BCUT2D eigenvalue weighted by atomic mass is 16.6. The van der Waals surface area contributed by atoms with Crippen LogP contribution in [0.1, 0.15) is 258 Å². The van der Waals surface area contributed by atoms with E-state index < -0.39 is 172 Å². The lowest BCUT2D eigenvalue weighted by atomic mass is 9.78. The fraction of sp³-hybridized carbons (Fsp3) is 0.500. The van der Waals surface area contributed by atoms with Crippen LogP contribution in [0, 0.1) is 11.8 Å². The van der Waals surface area contributed by atoms with Gasteiger partial charge in [-0.2, -0.15) is 0 Å². The molecule has 0 bridgehead atoms. The average Bonchev–Trinajstić information content (AvgIpc) is 1.59. The largest absolute Gasteiger partial charge is 0.444 e. The fourth-order valence-corrected chi connectivity index (χ4v) is 22.0. The molecule has 776 valence electrons. The van der Waals surface area contributed by atoms with E-state index in [2.05, 4.69) is 42.5 Å². The number of imidazole rings is 2.